The van der Waals surface area contributed by atoms with E-state index in [2.05, 4.69) is 32.0 Å². The van der Waals surface area contributed by atoms with Crippen LogP contribution >= 0.6 is 0 Å². The van der Waals surface area contributed by atoms with Crippen LogP contribution in [0, 0.1) is 13.8 Å². The van der Waals surface area contributed by atoms with E-state index < -0.39 is 5.97 Å². The molecular weight excluding hydrogens is 262 g/mol. The Hall–Kier alpha value is -2.55. The van der Waals surface area contributed by atoms with Gasteiger partial charge in [-0.2, -0.15) is 0 Å². The molecule has 0 aliphatic rings. The maximum atomic E-state index is 11.4. The quantitative estimate of drug-likeness (QED) is 0.787. The highest BCUT2D eigenvalue weighted by Crippen LogP contribution is 2.23. The lowest BCUT2D eigenvalue weighted by atomic mass is 10.1. The van der Waals surface area contributed by atoms with Gasteiger partial charge in [0.25, 0.3) is 0 Å². The molecule has 3 rings (SSSR count). The number of fused-ring (bicyclic) bond motifs is 1. The Balaban J connectivity index is 2.13. The van der Waals surface area contributed by atoms with Crippen LogP contribution in [0.5, 0.6) is 0 Å². The van der Waals surface area contributed by atoms with Gasteiger partial charge in [-0.1, -0.05) is 42.0 Å². The van der Waals surface area contributed by atoms with Crippen LogP contribution in [0.15, 0.2) is 48.7 Å². The summed E-state index contributed by atoms with van der Waals surface area (Å²) in [7, 11) is 0. The molecule has 0 radical (unpaired) electrons. The molecule has 0 aliphatic carbocycles. The molecule has 0 atom stereocenters. The van der Waals surface area contributed by atoms with E-state index in [-0.39, 0.29) is 0 Å². The number of para-hydroxylation sites is 1. The molecule has 1 heterocycles. The van der Waals surface area contributed by atoms with Crippen molar-refractivity contribution in [2.75, 3.05) is 0 Å². The van der Waals surface area contributed by atoms with E-state index in [1.165, 1.54) is 16.7 Å². The summed E-state index contributed by atoms with van der Waals surface area (Å²) in [6.07, 6.45) is 1.73. The van der Waals surface area contributed by atoms with E-state index in [1.807, 2.05) is 28.8 Å². The number of aryl methyl sites for hydroxylation is 2. The van der Waals surface area contributed by atoms with Crippen LogP contribution in [0.25, 0.3) is 10.9 Å². The van der Waals surface area contributed by atoms with Crippen LogP contribution < -0.4 is 0 Å². The van der Waals surface area contributed by atoms with Crippen LogP contribution in [0.1, 0.15) is 27.0 Å². The molecule has 3 nitrogen and oxygen atoms in total. The molecular formula is C18H17NO2. The van der Waals surface area contributed by atoms with Crippen molar-refractivity contribution in [3.63, 3.8) is 0 Å². The summed E-state index contributed by atoms with van der Waals surface area (Å²) in [6, 6.07) is 14.0. The number of carbonyl (C=O) groups is 1. The number of carboxylic acid groups (broad SMARTS) is 1. The second-order valence-corrected chi connectivity index (χ2v) is 5.42. The van der Waals surface area contributed by atoms with E-state index in [0.717, 1.165) is 10.9 Å². The van der Waals surface area contributed by atoms with Gasteiger partial charge in [0.15, 0.2) is 0 Å². The molecule has 0 amide bonds. The highest BCUT2D eigenvalue weighted by atomic mass is 16.4. The van der Waals surface area contributed by atoms with Crippen molar-refractivity contribution in [1.82, 2.24) is 4.57 Å². The third kappa shape index (κ3) is 2.42. The SMILES string of the molecule is Cc1ccc(C)c(Cn2cc(C(=O)O)c3ccccc32)c1. The molecule has 0 fully saturated rings. The number of aromatic nitrogens is 1. The molecule has 106 valence electrons. The van der Waals surface area contributed by atoms with Crippen LogP contribution in [-0.4, -0.2) is 15.6 Å². The van der Waals surface area contributed by atoms with Crippen molar-refractivity contribution in [2.45, 2.75) is 20.4 Å². The Morgan fingerprint density at radius 3 is 2.67 bits per heavy atom. The van der Waals surface area contributed by atoms with E-state index >= 15 is 0 Å². The first kappa shape index (κ1) is 13.4. The monoisotopic (exact) mass is 279 g/mol. The van der Waals surface area contributed by atoms with E-state index in [4.69, 9.17) is 0 Å². The van der Waals surface area contributed by atoms with Gasteiger partial charge in [0, 0.05) is 23.6 Å². The predicted molar refractivity (Wildman–Crippen MR) is 83.9 cm³/mol. The zero-order valence-electron chi connectivity index (χ0n) is 12.1. The average Bonchev–Trinajstić information content (AvgIpc) is 2.82. The van der Waals surface area contributed by atoms with Gasteiger partial charge in [-0.3, -0.25) is 0 Å². The van der Waals surface area contributed by atoms with Crippen molar-refractivity contribution in [3.05, 3.63) is 70.9 Å². The summed E-state index contributed by atoms with van der Waals surface area (Å²) in [5.74, 6) is -0.883. The minimum Gasteiger partial charge on any atom is -0.478 e. The number of hydrogen-bond donors (Lipinski definition) is 1. The fourth-order valence-electron chi connectivity index (χ4n) is 2.70. The van der Waals surface area contributed by atoms with Crippen molar-refractivity contribution in [2.24, 2.45) is 0 Å². The van der Waals surface area contributed by atoms with Crippen LogP contribution in [-0.2, 0) is 6.54 Å². The van der Waals surface area contributed by atoms with Gasteiger partial charge in [0.05, 0.1) is 5.56 Å². The summed E-state index contributed by atoms with van der Waals surface area (Å²) in [4.78, 5) is 11.4. The normalized spacial score (nSPS) is 11.0. The van der Waals surface area contributed by atoms with Gasteiger partial charge in [0.2, 0.25) is 0 Å². The molecule has 0 unspecified atom stereocenters. The molecule has 1 aromatic heterocycles. The Labute approximate surface area is 123 Å². The molecule has 0 aliphatic heterocycles. The molecule has 3 aromatic rings. The summed E-state index contributed by atoms with van der Waals surface area (Å²) in [6.45, 7) is 4.83. The molecule has 0 bridgehead atoms. The minimum absolute atomic E-state index is 0.357. The van der Waals surface area contributed by atoms with Crippen molar-refractivity contribution >= 4 is 16.9 Å². The van der Waals surface area contributed by atoms with Crippen LogP contribution in [0.2, 0.25) is 0 Å². The van der Waals surface area contributed by atoms with Crippen LogP contribution in [0.4, 0.5) is 0 Å². The molecule has 21 heavy (non-hydrogen) atoms. The maximum absolute atomic E-state index is 11.4. The number of carboxylic acids is 1. The zero-order chi connectivity index (χ0) is 15.0. The van der Waals surface area contributed by atoms with Gasteiger partial charge < -0.3 is 9.67 Å². The molecule has 0 saturated heterocycles. The first-order chi connectivity index (χ1) is 10.1. The van der Waals surface area contributed by atoms with Gasteiger partial charge in [0.1, 0.15) is 0 Å². The topological polar surface area (TPSA) is 42.2 Å². The summed E-state index contributed by atoms with van der Waals surface area (Å²) in [5.41, 5.74) is 4.96. The highest BCUT2D eigenvalue weighted by molar-refractivity contribution is 6.03. The van der Waals surface area contributed by atoms with E-state index in [9.17, 15) is 9.90 Å². The summed E-state index contributed by atoms with van der Waals surface area (Å²) < 4.78 is 2.01. The minimum atomic E-state index is -0.883. The van der Waals surface area contributed by atoms with Gasteiger partial charge in [-0.05, 0) is 31.0 Å². The molecule has 0 saturated carbocycles. The number of rotatable bonds is 3. The number of benzene rings is 2. The fourth-order valence-corrected chi connectivity index (χ4v) is 2.70. The van der Waals surface area contributed by atoms with Crippen molar-refractivity contribution < 1.29 is 9.90 Å². The van der Waals surface area contributed by atoms with E-state index in [0.29, 0.717) is 12.1 Å². The second-order valence-electron chi connectivity index (χ2n) is 5.42. The van der Waals surface area contributed by atoms with Crippen molar-refractivity contribution in [3.8, 4) is 0 Å². The first-order valence-electron chi connectivity index (χ1n) is 6.93. The Bertz CT molecular complexity index is 830. The zero-order valence-corrected chi connectivity index (χ0v) is 12.1. The van der Waals surface area contributed by atoms with E-state index in [1.54, 1.807) is 6.20 Å². The average molecular weight is 279 g/mol. The molecule has 2 aromatic carbocycles. The maximum Gasteiger partial charge on any atom is 0.337 e. The number of aromatic carboxylic acids is 1. The summed E-state index contributed by atoms with van der Waals surface area (Å²) in [5, 5.41) is 10.1. The van der Waals surface area contributed by atoms with Gasteiger partial charge in [-0.25, -0.2) is 4.79 Å². The number of hydrogen-bond acceptors (Lipinski definition) is 1. The first-order valence-corrected chi connectivity index (χ1v) is 6.93. The Morgan fingerprint density at radius 2 is 1.90 bits per heavy atom. The van der Waals surface area contributed by atoms with Crippen LogP contribution in [0.3, 0.4) is 0 Å². The Kier molecular flexibility index (Phi) is 3.26. The lowest BCUT2D eigenvalue weighted by Crippen LogP contribution is -2.01. The highest BCUT2D eigenvalue weighted by Gasteiger charge is 2.14. The van der Waals surface area contributed by atoms with Crippen molar-refractivity contribution in [1.29, 1.82) is 0 Å². The van der Waals surface area contributed by atoms with Gasteiger partial charge in [-0.15, -0.1) is 0 Å². The van der Waals surface area contributed by atoms with Gasteiger partial charge >= 0.3 is 5.97 Å². The Morgan fingerprint density at radius 1 is 1.14 bits per heavy atom. The predicted octanol–water partition coefficient (Wildman–Crippen LogP) is 4.00. The molecule has 1 N–H and O–H groups in total. The largest absolute Gasteiger partial charge is 0.478 e. The summed E-state index contributed by atoms with van der Waals surface area (Å²) >= 11 is 0. The standard InChI is InChI=1S/C18H17NO2/c1-12-7-8-13(2)14(9-12)10-19-11-16(18(20)21)15-5-3-4-6-17(15)19/h3-9,11H,10H2,1-2H3,(H,20,21). The number of nitrogens with zero attached hydrogens (tertiary/aromatic N) is 1. The molecule has 0 spiro atoms. The lowest BCUT2D eigenvalue weighted by molar-refractivity contribution is 0.0699. The second kappa shape index (κ2) is 5.09. The smallest absolute Gasteiger partial charge is 0.337 e. The third-order valence-electron chi connectivity index (χ3n) is 3.86. The lowest BCUT2D eigenvalue weighted by Gasteiger charge is -2.09. The third-order valence-corrected chi connectivity index (χ3v) is 3.86. The molecule has 3 heteroatoms. The fraction of sp³-hybridized carbons (Fsp3) is 0.167.